The highest BCUT2D eigenvalue weighted by Crippen LogP contribution is 2.42. The molecule has 2 saturated heterocycles. The minimum absolute atomic E-state index is 0.209. The first-order valence-corrected chi connectivity index (χ1v) is 14.2. The van der Waals surface area contributed by atoms with Crippen molar-refractivity contribution >= 4 is 17.4 Å². The van der Waals surface area contributed by atoms with E-state index in [0.717, 1.165) is 74.8 Å². The molecule has 198 valence electrons. The van der Waals surface area contributed by atoms with Gasteiger partial charge in [0.1, 0.15) is 12.4 Å². The van der Waals surface area contributed by atoms with Gasteiger partial charge in [0.05, 0.1) is 18.2 Å². The second kappa shape index (κ2) is 12.0. The number of fused-ring (bicyclic) bond motifs is 1. The Kier molecular flexibility index (Phi) is 8.49. The number of nitriles is 1. The van der Waals surface area contributed by atoms with Crippen LogP contribution in [0.4, 0.5) is 5.82 Å². The number of hydrogen-bond donors (Lipinski definition) is 1. The molecule has 0 bridgehead atoms. The number of hydrogen-bond acceptors (Lipinski definition) is 7. The molecule has 0 saturated carbocycles. The van der Waals surface area contributed by atoms with Gasteiger partial charge >= 0.3 is 6.01 Å². The summed E-state index contributed by atoms with van der Waals surface area (Å²) in [6, 6.07) is 11.6. The normalized spacial score (nSPS) is 26.1. The standard InChI is InChI=1S/C29H39ClN6O/c1-20-21(9-10-22-6-3-4-8-26(22)30)11-12-25-27(20)33-29(37-19-23-7-5-15-32-23)34-28(25)36-17-16-35(2)24(18-36)13-14-31/h3-4,6,8,20-21,23-24,32H,5,7,9-13,15-19H2,1-2H3. The number of ether oxygens (including phenoxy) is 1. The fraction of sp³-hybridized carbons (Fsp3) is 0.621. The maximum Gasteiger partial charge on any atom is 0.318 e. The molecule has 3 heterocycles. The molecule has 0 radical (unpaired) electrons. The summed E-state index contributed by atoms with van der Waals surface area (Å²) in [6.07, 6.45) is 7.01. The number of nitrogens with one attached hydrogen (secondary N) is 1. The molecule has 1 N–H and O–H groups in total. The zero-order chi connectivity index (χ0) is 25.8. The summed E-state index contributed by atoms with van der Waals surface area (Å²) in [4.78, 5) is 14.7. The quantitative estimate of drug-likeness (QED) is 0.543. The van der Waals surface area contributed by atoms with E-state index in [1.54, 1.807) is 0 Å². The maximum absolute atomic E-state index is 9.36. The third-order valence-corrected chi connectivity index (χ3v) is 8.99. The number of halogens is 1. The van der Waals surface area contributed by atoms with Crippen LogP contribution in [0, 0.1) is 17.2 Å². The Morgan fingerprint density at radius 1 is 1.22 bits per heavy atom. The molecule has 8 heteroatoms. The summed E-state index contributed by atoms with van der Waals surface area (Å²) in [5.41, 5.74) is 3.64. The van der Waals surface area contributed by atoms with Gasteiger partial charge in [-0.05, 0) is 69.7 Å². The highest BCUT2D eigenvalue weighted by atomic mass is 35.5. The number of nitrogens with zero attached hydrogens (tertiary/aromatic N) is 5. The van der Waals surface area contributed by atoms with Crippen LogP contribution in [0.2, 0.25) is 5.02 Å². The van der Waals surface area contributed by atoms with Crippen LogP contribution in [0.1, 0.15) is 61.8 Å². The van der Waals surface area contributed by atoms with Crippen molar-refractivity contribution in [3.8, 4) is 12.1 Å². The fourth-order valence-corrected chi connectivity index (χ4v) is 6.42. The van der Waals surface area contributed by atoms with Crippen LogP contribution in [-0.2, 0) is 12.8 Å². The van der Waals surface area contributed by atoms with E-state index in [-0.39, 0.29) is 6.04 Å². The van der Waals surface area contributed by atoms with Crippen LogP contribution < -0.4 is 15.0 Å². The number of aryl methyl sites for hydroxylation is 1. The van der Waals surface area contributed by atoms with Crippen molar-refractivity contribution < 1.29 is 4.74 Å². The fourth-order valence-electron chi connectivity index (χ4n) is 6.19. The van der Waals surface area contributed by atoms with Crippen molar-refractivity contribution in [1.82, 2.24) is 20.2 Å². The second-order valence-electron chi connectivity index (χ2n) is 11.0. The lowest BCUT2D eigenvalue weighted by atomic mass is 9.76. The predicted molar refractivity (Wildman–Crippen MR) is 147 cm³/mol. The van der Waals surface area contributed by atoms with E-state index in [4.69, 9.17) is 26.3 Å². The summed E-state index contributed by atoms with van der Waals surface area (Å²) in [7, 11) is 2.11. The highest BCUT2D eigenvalue weighted by Gasteiger charge is 2.34. The third-order valence-electron chi connectivity index (χ3n) is 8.62. The average molecular weight is 523 g/mol. The SMILES string of the molecule is CC1c2nc(OCC3CCCN3)nc(N3CCN(C)C(CC#N)C3)c2CCC1CCc1ccccc1Cl. The molecule has 4 unspecified atom stereocenters. The zero-order valence-corrected chi connectivity index (χ0v) is 22.9. The lowest BCUT2D eigenvalue weighted by molar-refractivity contribution is 0.219. The van der Waals surface area contributed by atoms with E-state index >= 15 is 0 Å². The molecule has 5 rings (SSSR count). The van der Waals surface area contributed by atoms with Gasteiger partial charge < -0.3 is 15.0 Å². The Morgan fingerprint density at radius 3 is 2.86 bits per heavy atom. The molecule has 4 atom stereocenters. The van der Waals surface area contributed by atoms with Gasteiger partial charge in [0.15, 0.2) is 0 Å². The van der Waals surface area contributed by atoms with Gasteiger partial charge in [0.2, 0.25) is 0 Å². The van der Waals surface area contributed by atoms with Gasteiger partial charge in [-0.25, -0.2) is 0 Å². The number of anilines is 1. The lowest BCUT2D eigenvalue weighted by Crippen LogP contribution is -2.52. The van der Waals surface area contributed by atoms with Crippen molar-refractivity contribution in [1.29, 1.82) is 5.26 Å². The molecular weight excluding hydrogens is 484 g/mol. The smallest absolute Gasteiger partial charge is 0.318 e. The van der Waals surface area contributed by atoms with E-state index in [2.05, 4.69) is 47.3 Å². The Morgan fingerprint density at radius 2 is 2.08 bits per heavy atom. The van der Waals surface area contributed by atoms with Crippen molar-refractivity contribution in [3.05, 3.63) is 46.1 Å². The van der Waals surface area contributed by atoms with Crippen LogP contribution in [0.3, 0.4) is 0 Å². The molecule has 2 fully saturated rings. The molecule has 2 aromatic rings. The minimum atomic E-state index is 0.209. The number of likely N-dealkylation sites (N-methyl/N-ethyl adjacent to an activating group) is 1. The van der Waals surface area contributed by atoms with Crippen LogP contribution in [-0.4, -0.2) is 66.8 Å². The molecular formula is C29H39ClN6O. The predicted octanol–water partition coefficient (Wildman–Crippen LogP) is 4.59. The summed E-state index contributed by atoms with van der Waals surface area (Å²) in [5, 5.41) is 13.7. The Balaban J connectivity index is 1.39. The number of aromatic nitrogens is 2. The molecule has 37 heavy (non-hydrogen) atoms. The van der Waals surface area contributed by atoms with Gasteiger partial charge in [-0.2, -0.15) is 15.2 Å². The molecule has 1 aromatic heterocycles. The van der Waals surface area contributed by atoms with Gasteiger partial charge in [0.25, 0.3) is 0 Å². The molecule has 3 aliphatic rings. The first kappa shape index (κ1) is 26.2. The maximum atomic E-state index is 9.36. The van der Waals surface area contributed by atoms with Gasteiger partial charge in [0, 0.05) is 48.2 Å². The Labute approximate surface area is 226 Å². The summed E-state index contributed by atoms with van der Waals surface area (Å²) in [5.74, 6) is 1.88. The van der Waals surface area contributed by atoms with Gasteiger partial charge in [-0.15, -0.1) is 0 Å². The molecule has 0 amide bonds. The van der Waals surface area contributed by atoms with E-state index in [9.17, 15) is 5.26 Å². The summed E-state index contributed by atoms with van der Waals surface area (Å²) < 4.78 is 6.22. The highest BCUT2D eigenvalue weighted by molar-refractivity contribution is 6.31. The van der Waals surface area contributed by atoms with E-state index < -0.39 is 0 Å². The largest absolute Gasteiger partial charge is 0.462 e. The van der Waals surface area contributed by atoms with Crippen molar-refractivity contribution in [2.24, 2.45) is 5.92 Å². The van der Waals surface area contributed by atoms with Crippen LogP contribution >= 0.6 is 11.6 Å². The van der Waals surface area contributed by atoms with E-state index in [1.165, 1.54) is 17.5 Å². The minimum Gasteiger partial charge on any atom is -0.462 e. The summed E-state index contributed by atoms with van der Waals surface area (Å²) >= 11 is 6.45. The Bertz CT molecular complexity index is 1110. The van der Waals surface area contributed by atoms with Gasteiger partial charge in [-0.3, -0.25) is 4.90 Å². The molecule has 1 aliphatic carbocycles. The zero-order valence-electron chi connectivity index (χ0n) is 22.1. The van der Waals surface area contributed by atoms with Crippen molar-refractivity contribution in [3.63, 3.8) is 0 Å². The van der Waals surface area contributed by atoms with E-state index in [0.29, 0.717) is 36.9 Å². The first-order chi connectivity index (χ1) is 18.0. The molecule has 2 aliphatic heterocycles. The summed E-state index contributed by atoms with van der Waals surface area (Å²) in [6.45, 7) is 6.59. The number of piperazine rings is 1. The van der Waals surface area contributed by atoms with Crippen LogP contribution in [0.25, 0.3) is 0 Å². The monoisotopic (exact) mass is 522 g/mol. The molecule has 7 nitrogen and oxygen atoms in total. The average Bonchev–Trinajstić information content (AvgIpc) is 3.43. The topological polar surface area (TPSA) is 77.3 Å². The van der Waals surface area contributed by atoms with E-state index in [1.807, 2.05) is 12.1 Å². The van der Waals surface area contributed by atoms with Gasteiger partial charge in [-0.1, -0.05) is 36.7 Å². The number of rotatable bonds is 8. The lowest BCUT2D eigenvalue weighted by Gasteiger charge is -2.41. The molecule has 1 aromatic carbocycles. The van der Waals surface area contributed by atoms with Crippen molar-refractivity contribution in [2.45, 2.75) is 69.9 Å². The second-order valence-corrected chi connectivity index (χ2v) is 11.4. The van der Waals surface area contributed by atoms with Crippen LogP contribution in [0.5, 0.6) is 6.01 Å². The first-order valence-electron chi connectivity index (χ1n) is 13.9. The molecule has 0 spiro atoms. The Hall–Kier alpha value is -2.40. The number of benzene rings is 1. The van der Waals surface area contributed by atoms with Crippen LogP contribution in [0.15, 0.2) is 24.3 Å². The third kappa shape index (κ3) is 6.03. The van der Waals surface area contributed by atoms with Crippen molar-refractivity contribution in [2.75, 3.05) is 44.7 Å².